The summed E-state index contributed by atoms with van der Waals surface area (Å²) in [6.45, 7) is 1.10. The number of carbonyl (C=O) groups is 1. The Morgan fingerprint density at radius 1 is 1.21 bits per heavy atom. The van der Waals surface area contributed by atoms with Crippen LogP contribution in [0.5, 0.6) is 5.75 Å². The Morgan fingerprint density at radius 2 is 1.96 bits per heavy atom. The molecule has 0 radical (unpaired) electrons. The first-order valence-corrected chi connectivity index (χ1v) is 8.95. The van der Waals surface area contributed by atoms with Gasteiger partial charge in [-0.3, -0.25) is 9.18 Å². The van der Waals surface area contributed by atoms with E-state index >= 15 is 0 Å². The van der Waals surface area contributed by atoms with Gasteiger partial charge in [0.2, 0.25) is 5.91 Å². The molecule has 2 unspecified atom stereocenters. The number of hydrogen-bond donors (Lipinski definition) is 1. The lowest BCUT2D eigenvalue weighted by molar-refractivity contribution is -0.129. The van der Waals surface area contributed by atoms with Crippen LogP contribution >= 0.6 is 0 Å². The zero-order valence-corrected chi connectivity index (χ0v) is 15.1. The quantitative estimate of drug-likeness (QED) is 0.505. The molecular formula is C20H18F3N3O2. The molecule has 1 saturated heterocycles. The average Bonchev–Trinajstić information content (AvgIpc) is 3.14. The van der Waals surface area contributed by atoms with Crippen LogP contribution in [0.1, 0.15) is 24.9 Å². The van der Waals surface area contributed by atoms with Gasteiger partial charge in [-0.1, -0.05) is 6.92 Å². The van der Waals surface area contributed by atoms with E-state index in [1.807, 2.05) is 0 Å². The minimum Gasteiger partial charge on any atom is -0.493 e. The lowest BCUT2D eigenvalue weighted by Gasteiger charge is -2.46. The standard InChI is InChI=1S/C20H18F3N3O2/c1-11-19(18-14(22)8-13(9-15(18)23)28-6-2-5-21)26(20(11)27)12-3-4-16-17(7-12)25-10-24-16/h3-4,7-11,19H,2,5-6H2,1H3,(H,24,25). The van der Waals surface area contributed by atoms with Crippen molar-refractivity contribution in [3.05, 3.63) is 53.9 Å². The van der Waals surface area contributed by atoms with E-state index in [4.69, 9.17) is 4.74 Å². The topological polar surface area (TPSA) is 58.2 Å². The molecule has 0 bridgehead atoms. The van der Waals surface area contributed by atoms with Crippen molar-refractivity contribution < 1.29 is 22.7 Å². The highest BCUT2D eigenvalue weighted by atomic mass is 19.1. The molecule has 2 aromatic carbocycles. The molecule has 1 N–H and O–H groups in total. The van der Waals surface area contributed by atoms with Crippen LogP contribution in [0.3, 0.4) is 0 Å². The fourth-order valence-electron chi connectivity index (χ4n) is 3.54. The van der Waals surface area contributed by atoms with E-state index in [2.05, 4.69) is 9.97 Å². The van der Waals surface area contributed by atoms with Crippen LogP contribution in [0.15, 0.2) is 36.7 Å². The average molecular weight is 389 g/mol. The molecule has 0 spiro atoms. The normalized spacial score (nSPS) is 19.1. The van der Waals surface area contributed by atoms with Gasteiger partial charge in [0.1, 0.15) is 17.4 Å². The summed E-state index contributed by atoms with van der Waals surface area (Å²) in [7, 11) is 0. The summed E-state index contributed by atoms with van der Waals surface area (Å²) < 4.78 is 46.8. The Labute approximate surface area is 159 Å². The molecule has 2 heterocycles. The summed E-state index contributed by atoms with van der Waals surface area (Å²) in [6, 6.07) is 6.54. The number of aromatic nitrogens is 2. The number of alkyl halides is 1. The van der Waals surface area contributed by atoms with E-state index in [1.54, 1.807) is 25.1 Å². The molecule has 146 valence electrons. The summed E-state index contributed by atoms with van der Waals surface area (Å²) >= 11 is 0. The van der Waals surface area contributed by atoms with Crippen molar-refractivity contribution >= 4 is 22.6 Å². The number of amides is 1. The van der Waals surface area contributed by atoms with E-state index in [1.165, 1.54) is 11.2 Å². The van der Waals surface area contributed by atoms with Crippen LogP contribution in [-0.2, 0) is 4.79 Å². The second-order valence-corrected chi connectivity index (χ2v) is 6.74. The number of β-lactam (4-membered cyclic amide) rings is 1. The van der Waals surface area contributed by atoms with Crippen LogP contribution in [0.25, 0.3) is 11.0 Å². The van der Waals surface area contributed by atoms with Gasteiger partial charge in [-0.25, -0.2) is 13.8 Å². The number of carbonyl (C=O) groups excluding carboxylic acids is 1. The Bertz CT molecular complexity index is 1010. The van der Waals surface area contributed by atoms with Gasteiger partial charge in [-0.15, -0.1) is 0 Å². The first-order chi connectivity index (χ1) is 13.5. The van der Waals surface area contributed by atoms with Crippen molar-refractivity contribution in [1.82, 2.24) is 9.97 Å². The third-order valence-corrected chi connectivity index (χ3v) is 4.96. The van der Waals surface area contributed by atoms with Gasteiger partial charge in [0.25, 0.3) is 0 Å². The van der Waals surface area contributed by atoms with Crippen molar-refractivity contribution in [2.24, 2.45) is 5.92 Å². The molecule has 28 heavy (non-hydrogen) atoms. The minimum atomic E-state index is -0.799. The molecule has 4 rings (SSSR count). The number of aromatic amines is 1. The van der Waals surface area contributed by atoms with Crippen molar-refractivity contribution in [2.45, 2.75) is 19.4 Å². The number of H-pyrrole nitrogens is 1. The molecule has 3 aromatic rings. The second kappa shape index (κ2) is 7.18. The third-order valence-electron chi connectivity index (χ3n) is 4.96. The van der Waals surface area contributed by atoms with Crippen LogP contribution in [0.2, 0.25) is 0 Å². The lowest BCUT2D eigenvalue weighted by Crippen LogP contribution is -2.54. The summed E-state index contributed by atoms with van der Waals surface area (Å²) in [5.41, 5.74) is 1.80. The molecule has 0 aliphatic carbocycles. The van der Waals surface area contributed by atoms with E-state index in [0.29, 0.717) is 5.69 Å². The highest BCUT2D eigenvalue weighted by molar-refractivity contribution is 6.04. The van der Waals surface area contributed by atoms with Crippen LogP contribution in [0, 0.1) is 17.6 Å². The molecular weight excluding hydrogens is 371 g/mol. The number of imidazole rings is 1. The predicted molar refractivity (Wildman–Crippen MR) is 97.9 cm³/mol. The number of nitrogens with one attached hydrogen (secondary N) is 1. The van der Waals surface area contributed by atoms with E-state index < -0.39 is 30.3 Å². The number of hydrogen-bond acceptors (Lipinski definition) is 3. The summed E-state index contributed by atoms with van der Waals surface area (Å²) in [6.07, 6.45) is 1.68. The monoisotopic (exact) mass is 389 g/mol. The van der Waals surface area contributed by atoms with Crippen molar-refractivity contribution in [2.75, 3.05) is 18.2 Å². The molecule has 1 aliphatic heterocycles. The molecule has 2 atom stereocenters. The number of benzene rings is 2. The smallest absolute Gasteiger partial charge is 0.232 e. The summed E-state index contributed by atoms with van der Waals surface area (Å²) in [5.74, 6) is -2.39. The lowest BCUT2D eigenvalue weighted by atomic mass is 9.82. The Hall–Kier alpha value is -3.03. The molecule has 1 aliphatic rings. The number of fused-ring (bicyclic) bond motifs is 1. The number of anilines is 1. The van der Waals surface area contributed by atoms with Gasteiger partial charge in [0.15, 0.2) is 0 Å². The van der Waals surface area contributed by atoms with Gasteiger partial charge >= 0.3 is 0 Å². The molecule has 1 fully saturated rings. The zero-order valence-electron chi connectivity index (χ0n) is 15.1. The SMILES string of the molecule is CC1C(=O)N(c2ccc3nc[nH]c3c2)C1c1c(F)cc(OCCCF)cc1F. The maximum Gasteiger partial charge on any atom is 0.232 e. The molecule has 5 nitrogen and oxygen atoms in total. The fraction of sp³-hybridized carbons (Fsp3) is 0.300. The minimum absolute atomic E-state index is 0.00377. The highest BCUT2D eigenvalue weighted by Gasteiger charge is 2.48. The van der Waals surface area contributed by atoms with Gasteiger partial charge in [-0.2, -0.15) is 0 Å². The molecule has 1 aromatic heterocycles. The van der Waals surface area contributed by atoms with Crippen molar-refractivity contribution in [1.29, 1.82) is 0 Å². The summed E-state index contributed by atoms with van der Waals surface area (Å²) in [4.78, 5) is 20.9. The van der Waals surface area contributed by atoms with E-state index in [0.717, 1.165) is 23.2 Å². The largest absolute Gasteiger partial charge is 0.493 e. The Balaban J connectivity index is 1.67. The van der Waals surface area contributed by atoms with Gasteiger partial charge < -0.3 is 14.6 Å². The zero-order chi connectivity index (χ0) is 19.8. The van der Waals surface area contributed by atoms with Crippen LogP contribution in [-0.4, -0.2) is 29.2 Å². The Morgan fingerprint density at radius 3 is 2.68 bits per heavy atom. The number of ether oxygens (including phenoxy) is 1. The molecule has 8 heteroatoms. The van der Waals surface area contributed by atoms with Gasteiger partial charge in [0, 0.05) is 29.8 Å². The maximum absolute atomic E-state index is 14.7. The Kier molecular flexibility index (Phi) is 4.70. The third kappa shape index (κ3) is 2.98. The highest BCUT2D eigenvalue weighted by Crippen LogP contribution is 2.45. The molecule has 0 saturated carbocycles. The summed E-state index contributed by atoms with van der Waals surface area (Å²) in [5, 5.41) is 0. The predicted octanol–water partition coefficient (Wildman–Crippen LogP) is 4.30. The van der Waals surface area contributed by atoms with Crippen molar-refractivity contribution in [3.8, 4) is 5.75 Å². The van der Waals surface area contributed by atoms with E-state index in [9.17, 15) is 18.0 Å². The van der Waals surface area contributed by atoms with E-state index in [-0.39, 0.29) is 30.2 Å². The second-order valence-electron chi connectivity index (χ2n) is 6.74. The van der Waals surface area contributed by atoms with Crippen LogP contribution < -0.4 is 9.64 Å². The number of halogens is 3. The number of rotatable bonds is 6. The first kappa shape index (κ1) is 18.3. The fourth-order valence-corrected chi connectivity index (χ4v) is 3.54. The molecule has 1 amide bonds. The van der Waals surface area contributed by atoms with Gasteiger partial charge in [-0.05, 0) is 18.2 Å². The first-order valence-electron chi connectivity index (χ1n) is 8.95. The maximum atomic E-state index is 14.7. The number of nitrogens with zero attached hydrogens (tertiary/aromatic N) is 2. The van der Waals surface area contributed by atoms with Gasteiger partial charge in [0.05, 0.1) is 42.6 Å². The van der Waals surface area contributed by atoms with Crippen molar-refractivity contribution in [3.63, 3.8) is 0 Å². The van der Waals surface area contributed by atoms with Crippen LogP contribution in [0.4, 0.5) is 18.9 Å².